The van der Waals surface area contributed by atoms with Gasteiger partial charge in [0.2, 0.25) is 0 Å². The van der Waals surface area contributed by atoms with Gasteiger partial charge >= 0.3 is 11.9 Å². The van der Waals surface area contributed by atoms with E-state index in [1.807, 2.05) is 6.92 Å². The van der Waals surface area contributed by atoms with Crippen LogP contribution in [-0.4, -0.2) is 18.5 Å². The molecule has 0 aliphatic rings. The predicted octanol–water partition coefficient (Wildman–Crippen LogP) is 6.64. The summed E-state index contributed by atoms with van der Waals surface area (Å²) in [4.78, 5) is 23.7. The Balaban J connectivity index is 4.25. The standard InChI is InChI=1S/C23H40O4/c1-5-8-10-11-12-13-14-15-16-17-18-21(27-22(24)7-3)20(4)23(25)26-19-9-6-2/h7H,3,5-6,8-19H2,1-2,4H3. The summed E-state index contributed by atoms with van der Waals surface area (Å²) in [6, 6.07) is 0. The number of rotatable bonds is 17. The van der Waals surface area contributed by atoms with Gasteiger partial charge in [0.15, 0.2) is 0 Å². The number of hydrogen-bond donors (Lipinski definition) is 0. The summed E-state index contributed by atoms with van der Waals surface area (Å²) in [5.41, 5.74) is 0.386. The summed E-state index contributed by atoms with van der Waals surface area (Å²) in [6.45, 7) is 9.76. The van der Waals surface area contributed by atoms with Crippen LogP contribution in [0.15, 0.2) is 24.0 Å². The van der Waals surface area contributed by atoms with E-state index >= 15 is 0 Å². The molecule has 156 valence electrons. The number of hydrogen-bond acceptors (Lipinski definition) is 4. The van der Waals surface area contributed by atoms with Crippen molar-refractivity contribution in [3.63, 3.8) is 0 Å². The SMILES string of the molecule is C=CC(=O)OC(CCCCCCCCCCCC)=C(C)C(=O)OCCCC. The molecule has 0 saturated heterocycles. The average Bonchev–Trinajstić information content (AvgIpc) is 2.67. The Hall–Kier alpha value is -1.58. The van der Waals surface area contributed by atoms with Crippen molar-refractivity contribution < 1.29 is 19.1 Å². The molecule has 0 aliphatic carbocycles. The highest BCUT2D eigenvalue weighted by molar-refractivity contribution is 5.89. The monoisotopic (exact) mass is 380 g/mol. The number of allylic oxidation sites excluding steroid dienone is 1. The fraction of sp³-hybridized carbons (Fsp3) is 0.739. The largest absolute Gasteiger partial charge is 0.462 e. The van der Waals surface area contributed by atoms with Crippen molar-refractivity contribution >= 4 is 11.9 Å². The molecule has 0 heterocycles. The van der Waals surface area contributed by atoms with Crippen molar-refractivity contribution in [2.75, 3.05) is 6.61 Å². The second-order valence-electron chi connectivity index (χ2n) is 7.09. The number of carbonyl (C=O) groups excluding carboxylic acids is 2. The van der Waals surface area contributed by atoms with E-state index in [0.29, 0.717) is 24.4 Å². The van der Waals surface area contributed by atoms with Gasteiger partial charge in [-0.2, -0.15) is 0 Å². The second-order valence-corrected chi connectivity index (χ2v) is 7.09. The lowest BCUT2D eigenvalue weighted by molar-refractivity contribution is -0.139. The third kappa shape index (κ3) is 14.2. The van der Waals surface area contributed by atoms with Crippen LogP contribution in [0.1, 0.15) is 104 Å². The quantitative estimate of drug-likeness (QED) is 0.123. The molecule has 0 spiro atoms. The van der Waals surface area contributed by atoms with E-state index in [0.717, 1.165) is 31.8 Å². The first-order chi connectivity index (χ1) is 13.1. The number of ether oxygens (including phenoxy) is 2. The van der Waals surface area contributed by atoms with Crippen LogP contribution in [0.3, 0.4) is 0 Å². The van der Waals surface area contributed by atoms with E-state index < -0.39 is 11.9 Å². The molecule has 27 heavy (non-hydrogen) atoms. The van der Waals surface area contributed by atoms with Gasteiger partial charge in [0, 0.05) is 12.5 Å². The highest BCUT2D eigenvalue weighted by Crippen LogP contribution is 2.18. The summed E-state index contributed by atoms with van der Waals surface area (Å²) in [7, 11) is 0. The topological polar surface area (TPSA) is 52.6 Å². The Morgan fingerprint density at radius 3 is 1.85 bits per heavy atom. The van der Waals surface area contributed by atoms with Gasteiger partial charge in [-0.05, 0) is 19.8 Å². The highest BCUT2D eigenvalue weighted by atomic mass is 16.5. The average molecular weight is 381 g/mol. The minimum absolute atomic E-state index is 0.386. The Morgan fingerprint density at radius 2 is 1.33 bits per heavy atom. The van der Waals surface area contributed by atoms with Gasteiger partial charge < -0.3 is 9.47 Å². The zero-order valence-electron chi connectivity index (χ0n) is 17.8. The van der Waals surface area contributed by atoms with Crippen molar-refractivity contribution in [2.24, 2.45) is 0 Å². The second kappa shape index (κ2) is 17.8. The van der Waals surface area contributed by atoms with Gasteiger partial charge in [-0.15, -0.1) is 0 Å². The summed E-state index contributed by atoms with van der Waals surface area (Å²) in [6.07, 6.45) is 15.8. The first kappa shape index (κ1) is 25.4. The maximum absolute atomic E-state index is 12.1. The summed E-state index contributed by atoms with van der Waals surface area (Å²) < 4.78 is 10.5. The van der Waals surface area contributed by atoms with Crippen LogP contribution < -0.4 is 0 Å². The molecule has 4 heteroatoms. The van der Waals surface area contributed by atoms with E-state index in [2.05, 4.69) is 13.5 Å². The lowest BCUT2D eigenvalue weighted by Gasteiger charge is -2.12. The Kier molecular flexibility index (Phi) is 16.8. The molecule has 0 aromatic heterocycles. The predicted molar refractivity (Wildman–Crippen MR) is 111 cm³/mol. The summed E-state index contributed by atoms with van der Waals surface area (Å²) >= 11 is 0. The van der Waals surface area contributed by atoms with Crippen molar-refractivity contribution in [1.29, 1.82) is 0 Å². The third-order valence-corrected chi connectivity index (χ3v) is 4.60. The molecular formula is C23H40O4. The zero-order valence-corrected chi connectivity index (χ0v) is 17.8. The van der Waals surface area contributed by atoms with Crippen LogP contribution in [0.4, 0.5) is 0 Å². The molecule has 0 fully saturated rings. The van der Waals surface area contributed by atoms with Crippen molar-refractivity contribution in [1.82, 2.24) is 0 Å². The van der Waals surface area contributed by atoms with Crippen LogP contribution >= 0.6 is 0 Å². The van der Waals surface area contributed by atoms with E-state index in [-0.39, 0.29) is 0 Å². The van der Waals surface area contributed by atoms with Gasteiger partial charge in [-0.25, -0.2) is 9.59 Å². The molecule has 0 aliphatic heterocycles. The maximum Gasteiger partial charge on any atom is 0.337 e. The fourth-order valence-electron chi connectivity index (χ4n) is 2.78. The Bertz CT molecular complexity index is 451. The van der Waals surface area contributed by atoms with Gasteiger partial charge in [-0.3, -0.25) is 0 Å². The number of carbonyl (C=O) groups is 2. The smallest absolute Gasteiger partial charge is 0.337 e. The molecule has 0 aromatic rings. The van der Waals surface area contributed by atoms with Crippen LogP contribution in [0, 0.1) is 0 Å². The lowest BCUT2D eigenvalue weighted by atomic mass is 10.0. The Morgan fingerprint density at radius 1 is 0.815 bits per heavy atom. The molecule has 0 atom stereocenters. The summed E-state index contributed by atoms with van der Waals surface area (Å²) in [5, 5.41) is 0. The van der Waals surface area contributed by atoms with Gasteiger partial charge in [0.25, 0.3) is 0 Å². The van der Waals surface area contributed by atoms with E-state index in [4.69, 9.17) is 9.47 Å². The van der Waals surface area contributed by atoms with Crippen molar-refractivity contribution in [3.8, 4) is 0 Å². The molecule has 0 saturated carbocycles. The van der Waals surface area contributed by atoms with Gasteiger partial charge in [0.05, 0.1) is 12.2 Å². The zero-order chi connectivity index (χ0) is 20.3. The molecule has 0 amide bonds. The van der Waals surface area contributed by atoms with Gasteiger partial charge in [0.1, 0.15) is 5.76 Å². The van der Waals surface area contributed by atoms with E-state index in [9.17, 15) is 9.59 Å². The van der Waals surface area contributed by atoms with Crippen LogP contribution in [0.5, 0.6) is 0 Å². The first-order valence-corrected chi connectivity index (χ1v) is 10.8. The molecule has 0 N–H and O–H groups in total. The minimum atomic E-state index is -0.530. The van der Waals surface area contributed by atoms with E-state index in [1.54, 1.807) is 6.92 Å². The number of unbranched alkanes of at least 4 members (excludes halogenated alkanes) is 10. The number of esters is 2. The van der Waals surface area contributed by atoms with Crippen LogP contribution in [-0.2, 0) is 19.1 Å². The van der Waals surface area contributed by atoms with Crippen molar-refractivity contribution in [2.45, 2.75) is 104 Å². The molecule has 0 aromatic carbocycles. The molecule has 0 radical (unpaired) electrons. The minimum Gasteiger partial charge on any atom is -0.462 e. The van der Waals surface area contributed by atoms with Gasteiger partial charge in [-0.1, -0.05) is 84.6 Å². The molecule has 0 unspecified atom stereocenters. The molecule has 0 rings (SSSR count). The molecule has 4 nitrogen and oxygen atoms in total. The normalized spacial score (nSPS) is 11.7. The maximum atomic E-state index is 12.1. The van der Waals surface area contributed by atoms with E-state index in [1.165, 1.54) is 51.4 Å². The van der Waals surface area contributed by atoms with Crippen LogP contribution in [0.2, 0.25) is 0 Å². The Labute approximate surface area is 166 Å². The molecular weight excluding hydrogens is 340 g/mol. The molecule has 0 bridgehead atoms. The van der Waals surface area contributed by atoms with Crippen molar-refractivity contribution in [3.05, 3.63) is 24.0 Å². The lowest BCUT2D eigenvalue weighted by Crippen LogP contribution is -2.12. The summed E-state index contributed by atoms with van der Waals surface area (Å²) in [5.74, 6) is -0.513. The first-order valence-electron chi connectivity index (χ1n) is 10.8. The van der Waals surface area contributed by atoms with Crippen LogP contribution in [0.25, 0.3) is 0 Å². The highest BCUT2D eigenvalue weighted by Gasteiger charge is 2.15. The third-order valence-electron chi connectivity index (χ3n) is 4.60. The fourth-order valence-corrected chi connectivity index (χ4v) is 2.78.